The molecule has 6 aromatic carbocycles. The molecule has 6 rings (SSSR count). The first-order valence-corrected chi connectivity index (χ1v) is 19.2. The highest BCUT2D eigenvalue weighted by molar-refractivity contribution is 6.75. The number of hydrogen-bond acceptors (Lipinski definition) is 5. The highest BCUT2D eigenvalue weighted by Crippen LogP contribution is 2.40. The molecule has 0 aliphatic rings. The molecule has 0 amide bonds. The van der Waals surface area contributed by atoms with Crippen LogP contribution in [0, 0.1) is 13.8 Å². The molecule has 0 unspecified atom stereocenters. The molecule has 50 heavy (non-hydrogen) atoms. The van der Waals surface area contributed by atoms with E-state index in [1.165, 1.54) is 22.3 Å². The van der Waals surface area contributed by atoms with Gasteiger partial charge in [0, 0.05) is 59.1 Å². The second-order valence-corrected chi connectivity index (χ2v) is 14.6. The van der Waals surface area contributed by atoms with E-state index >= 15 is 0 Å². The van der Waals surface area contributed by atoms with Crippen LogP contribution < -0.4 is 15.0 Å². The average molecular weight is 679 g/mol. The van der Waals surface area contributed by atoms with Gasteiger partial charge in [0.2, 0.25) is 0 Å². The fraction of sp³-hybridized carbons (Fsp3) is 0.182. The SMILES string of the molecule is CCO[Si](OCC)(OCC)c1ccc(N(c2ccccc2)c2ccc(-c3ccc(N(c4ccccc4)c4ccccc4)cc3C)c(C)c2)cc1. The van der Waals surface area contributed by atoms with Crippen molar-refractivity contribution in [3.63, 3.8) is 0 Å². The second kappa shape index (κ2) is 16.2. The molecule has 0 aromatic heterocycles. The van der Waals surface area contributed by atoms with Crippen LogP contribution in [0.1, 0.15) is 31.9 Å². The molecule has 0 aliphatic carbocycles. The fourth-order valence-electron chi connectivity index (χ4n) is 6.56. The Kier molecular flexibility index (Phi) is 11.3. The van der Waals surface area contributed by atoms with Gasteiger partial charge in [0.25, 0.3) is 0 Å². The van der Waals surface area contributed by atoms with Crippen molar-refractivity contribution in [2.45, 2.75) is 34.6 Å². The predicted octanol–water partition coefficient (Wildman–Crippen LogP) is 11.2. The zero-order chi connectivity index (χ0) is 34.9. The summed E-state index contributed by atoms with van der Waals surface area (Å²) in [4.78, 5) is 4.60. The summed E-state index contributed by atoms with van der Waals surface area (Å²) >= 11 is 0. The van der Waals surface area contributed by atoms with Crippen molar-refractivity contribution in [2.75, 3.05) is 29.6 Å². The second-order valence-electron chi connectivity index (χ2n) is 12.1. The predicted molar refractivity (Wildman–Crippen MR) is 211 cm³/mol. The van der Waals surface area contributed by atoms with Gasteiger partial charge in [0.05, 0.1) is 0 Å². The van der Waals surface area contributed by atoms with E-state index in [4.69, 9.17) is 13.3 Å². The Labute approximate surface area is 298 Å². The van der Waals surface area contributed by atoms with Crippen molar-refractivity contribution in [1.29, 1.82) is 0 Å². The van der Waals surface area contributed by atoms with Crippen molar-refractivity contribution >= 4 is 48.1 Å². The largest absolute Gasteiger partial charge is 0.537 e. The van der Waals surface area contributed by atoms with Gasteiger partial charge in [-0.05, 0) is 130 Å². The van der Waals surface area contributed by atoms with E-state index in [-0.39, 0.29) is 0 Å². The number of hydrogen-bond donors (Lipinski definition) is 0. The molecule has 0 saturated heterocycles. The smallest absolute Gasteiger partial charge is 0.370 e. The van der Waals surface area contributed by atoms with E-state index < -0.39 is 8.80 Å². The molecule has 0 saturated carbocycles. The third kappa shape index (κ3) is 7.44. The van der Waals surface area contributed by atoms with Gasteiger partial charge in [-0.1, -0.05) is 78.9 Å². The van der Waals surface area contributed by atoms with E-state index in [2.05, 4.69) is 175 Å². The summed E-state index contributed by atoms with van der Waals surface area (Å²) in [5.41, 5.74) is 11.4. The van der Waals surface area contributed by atoms with Crippen LogP contribution in [0.4, 0.5) is 34.1 Å². The van der Waals surface area contributed by atoms with Gasteiger partial charge >= 0.3 is 8.80 Å². The van der Waals surface area contributed by atoms with Crippen LogP contribution in [-0.2, 0) is 13.3 Å². The first kappa shape index (κ1) is 34.9. The molecule has 5 nitrogen and oxygen atoms in total. The van der Waals surface area contributed by atoms with E-state index in [1.807, 2.05) is 20.8 Å². The van der Waals surface area contributed by atoms with Crippen molar-refractivity contribution < 1.29 is 13.3 Å². The van der Waals surface area contributed by atoms with Gasteiger partial charge < -0.3 is 23.1 Å². The topological polar surface area (TPSA) is 34.2 Å². The maximum atomic E-state index is 6.19. The maximum Gasteiger partial charge on any atom is 0.537 e. The molecule has 0 heterocycles. The summed E-state index contributed by atoms with van der Waals surface area (Å²) < 4.78 is 18.6. The van der Waals surface area contributed by atoms with E-state index in [1.54, 1.807) is 0 Å². The lowest BCUT2D eigenvalue weighted by Crippen LogP contribution is -2.56. The zero-order valence-corrected chi connectivity index (χ0v) is 30.7. The van der Waals surface area contributed by atoms with Crippen LogP contribution in [0.25, 0.3) is 11.1 Å². The lowest BCUT2D eigenvalue weighted by atomic mass is 9.95. The number of aryl methyl sites for hydroxylation is 2. The van der Waals surface area contributed by atoms with E-state index in [9.17, 15) is 0 Å². The number of anilines is 6. The number of nitrogens with zero attached hydrogens (tertiary/aromatic N) is 2. The van der Waals surface area contributed by atoms with Crippen LogP contribution >= 0.6 is 0 Å². The molecular weight excluding hydrogens is 633 g/mol. The quantitative estimate of drug-likeness (QED) is 0.107. The minimum absolute atomic E-state index is 0.524. The normalized spacial score (nSPS) is 11.4. The summed E-state index contributed by atoms with van der Waals surface area (Å²) in [6, 6.07) is 53.5. The highest BCUT2D eigenvalue weighted by Gasteiger charge is 2.43. The highest BCUT2D eigenvalue weighted by atomic mass is 28.4. The summed E-state index contributed by atoms with van der Waals surface area (Å²) in [6.07, 6.45) is 0. The molecule has 0 bridgehead atoms. The van der Waals surface area contributed by atoms with E-state index in [0.717, 1.165) is 39.3 Å². The molecule has 6 aromatic rings. The monoisotopic (exact) mass is 678 g/mol. The zero-order valence-electron chi connectivity index (χ0n) is 29.7. The number of para-hydroxylation sites is 3. The van der Waals surface area contributed by atoms with Crippen LogP contribution in [-0.4, -0.2) is 28.6 Å². The van der Waals surface area contributed by atoms with Crippen LogP contribution in [0.2, 0.25) is 0 Å². The molecule has 254 valence electrons. The van der Waals surface area contributed by atoms with Gasteiger partial charge in [-0.15, -0.1) is 0 Å². The Bertz CT molecular complexity index is 1910. The van der Waals surface area contributed by atoms with Crippen molar-refractivity contribution in [3.8, 4) is 11.1 Å². The third-order valence-corrected chi connectivity index (χ3v) is 11.8. The van der Waals surface area contributed by atoms with Crippen LogP contribution in [0.3, 0.4) is 0 Å². The van der Waals surface area contributed by atoms with Crippen LogP contribution in [0.15, 0.2) is 152 Å². The van der Waals surface area contributed by atoms with Gasteiger partial charge in [0.1, 0.15) is 0 Å². The van der Waals surface area contributed by atoms with Crippen molar-refractivity contribution in [2.24, 2.45) is 0 Å². The minimum Gasteiger partial charge on any atom is -0.370 e. The minimum atomic E-state index is -3.02. The Balaban J connectivity index is 1.35. The van der Waals surface area contributed by atoms with Gasteiger partial charge in [-0.25, -0.2) is 0 Å². The summed E-state index contributed by atoms with van der Waals surface area (Å²) in [6.45, 7) is 11.9. The third-order valence-electron chi connectivity index (χ3n) is 8.75. The first-order chi connectivity index (χ1) is 24.5. The summed E-state index contributed by atoms with van der Waals surface area (Å²) in [5, 5.41) is 0.961. The Morgan fingerprint density at radius 3 is 1.04 bits per heavy atom. The molecule has 0 atom stereocenters. The van der Waals surface area contributed by atoms with Gasteiger partial charge in [-0.2, -0.15) is 0 Å². The Morgan fingerprint density at radius 2 is 0.720 bits per heavy atom. The molecule has 0 radical (unpaired) electrons. The first-order valence-electron chi connectivity index (χ1n) is 17.5. The standard InChI is InChI=1S/C44H46N2O3Si/c1-6-47-50(48-7-2,49-8-3)42-28-24-39(25-29-42)46(38-22-16-11-17-23-38)41-27-31-44(35(5)33-41)43-30-26-40(32-34(43)4)45(36-18-12-9-13-19-36)37-20-14-10-15-21-37/h9-33H,6-8H2,1-5H3. The lowest BCUT2D eigenvalue weighted by molar-refractivity contribution is 0.0859. The van der Waals surface area contributed by atoms with Gasteiger partial charge in [0.15, 0.2) is 0 Å². The van der Waals surface area contributed by atoms with Gasteiger partial charge in [-0.3, -0.25) is 0 Å². The van der Waals surface area contributed by atoms with Crippen LogP contribution in [0.5, 0.6) is 0 Å². The Hall–Kier alpha value is -4.98. The fourth-order valence-corrected chi connectivity index (χ4v) is 9.03. The molecule has 0 spiro atoms. The molecular formula is C44H46N2O3Si. The molecule has 0 fully saturated rings. The Morgan fingerprint density at radius 1 is 0.400 bits per heavy atom. The molecule has 6 heteroatoms. The average Bonchev–Trinajstić information content (AvgIpc) is 3.14. The number of benzene rings is 6. The lowest BCUT2D eigenvalue weighted by Gasteiger charge is -2.30. The van der Waals surface area contributed by atoms with Crippen molar-refractivity contribution in [1.82, 2.24) is 0 Å². The molecule has 0 aliphatic heterocycles. The van der Waals surface area contributed by atoms with Crippen molar-refractivity contribution in [3.05, 3.63) is 163 Å². The van der Waals surface area contributed by atoms with E-state index in [0.29, 0.717) is 19.8 Å². The summed E-state index contributed by atoms with van der Waals surface area (Å²) in [5.74, 6) is 0. The maximum absolute atomic E-state index is 6.19. The summed E-state index contributed by atoms with van der Waals surface area (Å²) in [7, 11) is -3.02. The molecule has 0 N–H and O–H groups in total. The number of rotatable bonds is 14.